The molecule has 1 saturated heterocycles. The molecule has 1 aliphatic heterocycles. The maximum absolute atomic E-state index is 12.5. The first-order valence-electron chi connectivity index (χ1n) is 6.76. The number of nitrogens with one attached hydrogen (secondary N) is 1. The number of aromatic nitrogens is 1. The van der Waals surface area contributed by atoms with Gasteiger partial charge in [0.2, 0.25) is 0 Å². The molecule has 3 rings (SSSR count). The van der Waals surface area contributed by atoms with Gasteiger partial charge in [-0.25, -0.2) is 0 Å². The van der Waals surface area contributed by atoms with Crippen LogP contribution in [-0.4, -0.2) is 40.6 Å². The van der Waals surface area contributed by atoms with Crippen LogP contribution in [0, 0.1) is 5.92 Å². The van der Waals surface area contributed by atoms with E-state index in [1.54, 1.807) is 6.20 Å². The molecule has 0 unspecified atom stereocenters. The van der Waals surface area contributed by atoms with E-state index in [1.165, 1.54) is 0 Å². The molecule has 0 aliphatic carbocycles. The van der Waals surface area contributed by atoms with Crippen LogP contribution >= 0.6 is 0 Å². The highest BCUT2D eigenvalue weighted by atomic mass is 16.3. The molecule has 0 spiro atoms. The van der Waals surface area contributed by atoms with Crippen LogP contribution in [0.4, 0.5) is 0 Å². The number of para-hydroxylation sites is 1. The zero-order valence-electron chi connectivity index (χ0n) is 10.8. The molecule has 1 amide bonds. The highest BCUT2D eigenvalue weighted by Gasteiger charge is 2.24. The molecule has 19 heavy (non-hydrogen) atoms. The van der Waals surface area contributed by atoms with Crippen LogP contribution in [0.3, 0.4) is 0 Å². The molecule has 4 nitrogen and oxygen atoms in total. The van der Waals surface area contributed by atoms with E-state index in [0.29, 0.717) is 5.92 Å². The Hall–Kier alpha value is -1.81. The summed E-state index contributed by atoms with van der Waals surface area (Å²) in [5.41, 5.74) is 1.74. The van der Waals surface area contributed by atoms with Gasteiger partial charge in [0, 0.05) is 36.8 Å². The van der Waals surface area contributed by atoms with Gasteiger partial charge in [-0.3, -0.25) is 4.79 Å². The summed E-state index contributed by atoms with van der Waals surface area (Å²) >= 11 is 0. The Morgan fingerprint density at radius 1 is 1.32 bits per heavy atom. The van der Waals surface area contributed by atoms with E-state index >= 15 is 0 Å². The third kappa shape index (κ3) is 2.24. The van der Waals surface area contributed by atoms with Crippen molar-refractivity contribution >= 4 is 16.8 Å². The van der Waals surface area contributed by atoms with Gasteiger partial charge in [-0.05, 0) is 24.8 Å². The summed E-state index contributed by atoms with van der Waals surface area (Å²) in [6.07, 6.45) is 3.58. The Kier molecular flexibility index (Phi) is 3.25. The van der Waals surface area contributed by atoms with E-state index in [9.17, 15) is 4.79 Å². The molecule has 1 fully saturated rings. The van der Waals surface area contributed by atoms with Gasteiger partial charge in [0.05, 0.1) is 5.56 Å². The van der Waals surface area contributed by atoms with E-state index in [4.69, 9.17) is 5.11 Å². The van der Waals surface area contributed by atoms with Crippen LogP contribution in [0.1, 0.15) is 23.2 Å². The lowest BCUT2D eigenvalue weighted by Gasteiger charge is -2.31. The van der Waals surface area contributed by atoms with Gasteiger partial charge >= 0.3 is 0 Å². The number of benzene rings is 1. The van der Waals surface area contributed by atoms with Crippen LogP contribution in [0.15, 0.2) is 30.5 Å². The molecular weight excluding hydrogens is 240 g/mol. The van der Waals surface area contributed by atoms with Crippen molar-refractivity contribution in [3.8, 4) is 0 Å². The average molecular weight is 258 g/mol. The number of aromatic amines is 1. The average Bonchev–Trinajstić information content (AvgIpc) is 2.90. The van der Waals surface area contributed by atoms with Crippen molar-refractivity contribution in [2.24, 2.45) is 5.92 Å². The first-order chi connectivity index (χ1) is 9.29. The van der Waals surface area contributed by atoms with Crippen molar-refractivity contribution in [3.63, 3.8) is 0 Å². The molecule has 0 bridgehead atoms. The Morgan fingerprint density at radius 2 is 2.05 bits per heavy atom. The molecule has 100 valence electrons. The minimum Gasteiger partial charge on any atom is -0.396 e. The minimum atomic E-state index is 0.0915. The predicted molar refractivity (Wildman–Crippen MR) is 74.0 cm³/mol. The SMILES string of the molecule is O=C(c1c[nH]c2ccccc12)N1CCC(CO)CC1. The molecule has 2 N–H and O–H groups in total. The second kappa shape index (κ2) is 5.05. The van der Waals surface area contributed by atoms with Gasteiger partial charge in [-0.15, -0.1) is 0 Å². The van der Waals surface area contributed by atoms with Crippen LogP contribution < -0.4 is 0 Å². The van der Waals surface area contributed by atoms with Gasteiger partial charge in [0.1, 0.15) is 0 Å². The fraction of sp³-hybridized carbons (Fsp3) is 0.400. The standard InChI is InChI=1S/C15H18N2O2/c18-10-11-5-7-17(8-6-11)15(19)13-9-16-14-4-2-1-3-12(13)14/h1-4,9,11,16,18H,5-8,10H2. The number of piperidine rings is 1. The maximum Gasteiger partial charge on any atom is 0.256 e. The number of aliphatic hydroxyl groups excluding tert-OH is 1. The maximum atomic E-state index is 12.5. The number of rotatable bonds is 2. The van der Waals surface area contributed by atoms with E-state index in [0.717, 1.165) is 42.4 Å². The first-order valence-corrected chi connectivity index (χ1v) is 6.76. The lowest BCUT2D eigenvalue weighted by molar-refractivity contribution is 0.0653. The highest BCUT2D eigenvalue weighted by Crippen LogP contribution is 2.22. The fourth-order valence-corrected chi connectivity index (χ4v) is 2.74. The lowest BCUT2D eigenvalue weighted by atomic mass is 9.97. The third-order valence-electron chi connectivity index (χ3n) is 3.98. The molecular formula is C15H18N2O2. The van der Waals surface area contributed by atoms with Gasteiger partial charge in [0.15, 0.2) is 0 Å². The first kappa shape index (κ1) is 12.2. The third-order valence-corrected chi connectivity index (χ3v) is 3.98. The van der Waals surface area contributed by atoms with Crippen molar-refractivity contribution < 1.29 is 9.90 Å². The summed E-state index contributed by atoms with van der Waals surface area (Å²) in [7, 11) is 0. The molecule has 1 aromatic heterocycles. The Balaban J connectivity index is 1.81. The number of amides is 1. The minimum absolute atomic E-state index is 0.0915. The van der Waals surface area contributed by atoms with E-state index in [2.05, 4.69) is 4.98 Å². The predicted octanol–water partition coefficient (Wildman–Crippen LogP) is 2.01. The Morgan fingerprint density at radius 3 is 2.79 bits per heavy atom. The van der Waals surface area contributed by atoms with Gasteiger partial charge in [-0.2, -0.15) is 0 Å². The fourth-order valence-electron chi connectivity index (χ4n) is 2.74. The summed E-state index contributed by atoms with van der Waals surface area (Å²) in [5.74, 6) is 0.445. The quantitative estimate of drug-likeness (QED) is 0.865. The number of hydrogen-bond acceptors (Lipinski definition) is 2. The van der Waals surface area contributed by atoms with Gasteiger partial charge in [-0.1, -0.05) is 18.2 Å². The lowest BCUT2D eigenvalue weighted by Crippen LogP contribution is -2.39. The van der Waals surface area contributed by atoms with Crippen molar-refractivity contribution in [1.29, 1.82) is 0 Å². The smallest absolute Gasteiger partial charge is 0.256 e. The molecule has 0 radical (unpaired) electrons. The molecule has 2 heterocycles. The number of carbonyl (C=O) groups excluding carboxylic acids is 1. The summed E-state index contributed by atoms with van der Waals surface area (Å²) in [6.45, 7) is 1.71. The zero-order valence-corrected chi connectivity index (χ0v) is 10.8. The summed E-state index contributed by atoms with van der Waals surface area (Å²) in [4.78, 5) is 17.5. The summed E-state index contributed by atoms with van der Waals surface area (Å²) < 4.78 is 0. The molecule has 0 atom stereocenters. The number of fused-ring (bicyclic) bond motifs is 1. The molecule has 2 aromatic rings. The number of likely N-dealkylation sites (tertiary alicyclic amines) is 1. The molecule has 1 aliphatic rings. The normalized spacial score (nSPS) is 17.0. The van der Waals surface area contributed by atoms with Crippen LogP contribution in [0.2, 0.25) is 0 Å². The second-order valence-electron chi connectivity index (χ2n) is 5.17. The molecule has 4 heteroatoms. The summed E-state index contributed by atoms with van der Waals surface area (Å²) in [6, 6.07) is 7.86. The second-order valence-corrected chi connectivity index (χ2v) is 5.17. The Bertz CT molecular complexity index is 583. The number of nitrogens with zero attached hydrogens (tertiary/aromatic N) is 1. The zero-order chi connectivity index (χ0) is 13.2. The van der Waals surface area contributed by atoms with Crippen molar-refractivity contribution in [1.82, 2.24) is 9.88 Å². The number of carbonyl (C=O) groups is 1. The molecule has 0 saturated carbocycles. The van der Waals surface area contributed by atoms with Crippen LogP contribution in [-0.2, 0) is 0 Å². The highest BCUT2D eigenvalue weighted by molar-refractivity contribution is 6.06. The van der Waals surface area contributed by atoms with Crippen LogP contribution in [0.25, 0.3) is 10.9 Å². The van der Waals surface area contributed by atoms with Crippen molar-refractivity contribution in [3.05, 3.63) is 36.0 Å². The van der Waals surface area contributed by atoms with Crippen LogP contribution in [0.5, 0.6) is 0 Å². The summed E-state index contributed by atoms with van der Waals surface area (Å²) in [5, 5.41) is 10.1. The van der Waals surface area contributed by atoms with E-state index in [-0.39, 0.29) is 12.5 Å². The largest absolute Gasteiger partial charge is 0.396 e. The van der Waals surface area contributed by atoms with Crippen molar-refractivity contribution in [2.45, 2.75) is 12.8 Å². The topological polar surface area (TPSA) is 56.3 Å². The monoisotopic (exact) mass is 258 g/mol. The number of H-pyrrole nitrogens is 1. The van der Waals surface area contributed by atoms with E-state index in [1.807, 2.05) is 29.2 Å². The van der Waals surface area contributed by atoms with Crippen molar-refractivity contribution in [2.75, 3.05) is 19.7 Å². The Labute approximate surface area is 112 Å². The number of hydrogen-bond donors (Lipinski definition) is 2. The van der Waals surface area contributed by atoms with Gasteiger partial charge < -0.3 is 15.0 Å². The number of aliphatic hydroxyl groups is 1. The molecule has 1 aromatic carbocycles. The van der Waals surface area contributed by atoms with E-state index < -0.39 is 0 Å². The van der Waals surface area contributed by atoms with Gasteiger partial charge in [0.25, 0.3) is 5.91 Å².